The first-order chi connectivity index (χ1) is 7.69. The van der Waals surface area contributed by atoms with E-state index >= 15 is 0 Å². The minimum Gasteiger partial charge on any atom is -0.493 e. The first-order valence-corrected chi connectivity index (χ1v) is 5.77. The van der Waals surface area contributed by atoms with Crippen molar-refractivity contribution in [2.24, 2.45) is 0 Å². The Morgan fingerprint density at radius 1 is 1.62 bits per heavy atom. The molecule has 6 heteroatoms. The molecule has 0 aromatic carbocycles. The van der Waals surface area contributed by atoms with E-state index in [1.54, 1.807) is 11.3 Å². The van der Waals surface area contributed by atoms with Crippen molar-refractivity contribution < 1.29 is 9.26 Å². The molecule has 1 N–H and O–H groups in total. The molecular weight excluding hydrogens is 228 g/mol. The van der Waals surface area contributed by atoms with Gasteiger partial charge in [-0.15, -0.1) is 11.3 Å². The lowest BCUT2D eigenvalue weighted by atomic mass is 10.3. The van der Waals surface area contributed by atoms with Gasteiger partial charge in [-0.3, -0.25) is 9.51 Å². The lowest BCUT2D eigenvalue weighted by Crippen LogP contribution is -1.98. The van der Waals surface area contributed by atoms with Gasteiger partial charge in [0.05, 0.1) is 11.5 Å². The monoisotopic (exact) mass is 240 g/mol. The highest BCUT2D eigenvalue weighted by molar-refractivity contribution is 7.12. The maximum atomic E-state index is 10.8. The van der Waals surface area contributed by atoms with E-state index < -0.39 is 5.76 Å². The van der Waals surface area contributed by atoms with Gasteiger partial charge in [-0.2, -0.15) is 0 Å². The van der Waals surface area contributed by atoms with Crippen molar-refractivity contribution in [2.45, 2.75) is 20.3 Å². The first-order valence-electron chi connectivity index (χ1n) is 4.96. The third-order valence-corrected chi connectivity index (χ3v) is 3.04. The molecule has 0 bridgehead atoms. The fourth-order valence-corrected chi connectivity index (χ4v) is 2.41. The molecule has 0 amide bonds. The average Bonchev–Trinajstić information content (AvgIpc) is 2.76. The molecule has 0 fully saturated rings. The Morgan fingerprint density at radius 3 is 3.06 bits per heavy atom. The van der Waals surface area contributed by atoms with E-state index in [2.05, 4.69) is 14.7 Å². The van der Waals surface area contributed by atoms with Crippen LogP contribution in [0.25, 0.3) is 0 Å². The summed E-state index contributed by atoms with van der Waals surface area (Å²) in [5, 5.41) is 3.63. The van der Waals surface area contributed by atoms with Crippen molar-refractivity contribution >= 4 is 11.3 Å². The lowest BCUT2D eigenvalue weighted by Gasteiger charge is -2.01. The number of nitrogens with zero attached hydrogens (tertiary/aromatic N) is 1. The molecule has 2 heterocycles. The average molecular weight is 240 g/mol. The third kappa shape index (κ3) is 2.33. The van der Waals surface area contributed by atoms with Gasteiger partial charge in [0.2, 0.25) is 0 Å². The summed E-state index contributed by atoms with van der Waals surface area (Å²) in [5.74, 6) is 0.850. The van der Waals surface area contributed by atoms with Gasteiger partial charge in [0.25, 0.3) is 0 Å². The Morgan fingerprint density at radius 2 is 2.44 bits per heavy atom. The molecule has 16 heavy (non-hydrogen) atoms. The number of thiophene rings is 1. The second-order valence-corrected chi connectivity index (χ2v) is 4.64. The summed E-state index contributed by atoms with van der Waals surface area (Å²) < 4.78 is 9.94. The summed E-state index contributed by atoms with van der Waals surface area (Å²) >= 11 is 1.63. The van der Waals surface area contributed by atoms with Crippen LogP contribution in [0.3, 0.4) is 0 Å². The highest BCUT2D eigenvalue weighted by Crippen LogP contribution is 2.30. The molecule has 0 unspecified atom stereocenters. The summed E-state index contributed by atoms with van der Waals surface area (Å²) in [6.07, 6.45) is 0.527. The predicted octanol–water partition coefficient (Wildman–Crippen LogP) is 1.72. The van der Waals surface area contributed by atoms with E-state index in [4.69, 9.17) is 4.74 Å². The zero-order chi connectivity index (χ0) is 11.5. The summed E-state index contributed by atoms with van der Waals surface area (Å²) in [5.41, 5.74) is 0. The molecule has 0 atom stereocenters. The van der Waals surface area contributed by atoms with E-state index in [0.29, 0.717) is 18.9 Å². The van der Waals surface area contributed by atoms with Crippen molar-refractivity contribution in [3.8, 4) is 5.75 Å². The lowest BCUT2D eigenvalue weighted by molar-refractivity contribution is 0.338. The molecule has 2 aromatic rings. The number of rotatable bonds is 4. The summed E-state index contributed by atoms with van der Waals surface area (Å²) in [6, 6.07) is 1.99. The minimum atomic E-state index is -0.527. The molecule has 86 valence electrons. The molecular formula is C10H12N2O3S. The van der Waals surface area contributed by atoms with Crippen LogP contribution in [0.5, 0.6) is 5.75 Å². The molecule has 0 radical (unpaired) electrons. The van der Waals surface area contributed by atoms with Crippen LogP contribution >= 0.6 is 11.3 Å². The van der Waals surface area contributed by atoms with E-state index in [0.717, 1.165) is 10.6 Å². The molecule has 0 saturated carbocycles. The van der Waals surface area contributed by atoms with Gasteiger partial charge in [0.1, 0.15) is 5.75 Å². The highest BCUT2D eigenvalue weighted by atomic mass is 32.1. The smallest absolute Gasteiger partial charge is 0.438 e. The van der Waals surface area contributed by atoms with E-state index in [-0.39, 0.29) is 0 Å². The maximum Gasteiger partial charge on any atom is 0.438 e. The van der Waals surface area contributed by atoms with Crippen molar-refractivity contribution in [3.63, 3.8) is 0 Å². The van der Waals surface area contributed by atoms with Crippen LogP contribution < -0.4 is 10.5 Å². The molecule has 0 aliphatic rings. The van der Waals surface area contributed by atoms with Gasteiger partial charge in [-0.25, -0.2) is 4.79 Å². The zero-order valence-corrected chi connectivity index (χ0v) is 9.89. The molecule has 5 nitrogen and oxygen atoms in total. The predicted molar refractivity (Wildman–Crippen MR) is 60.2 cm³/mol. The Kier molecular flexibility index (Phi) is 3.09. The van der Waals surface area contributed by atoms with E-state index in [9.17, 15) is 4.79 Å². The zero-order valence-electron chi connectivity index (χ0n) is 9.07. The second-order valence-electron chi connectivity index (χ2n) is 3.30. The summed E-state index contributed by atoms with van der Waals surface area (Å²) in [4.78, 5) is 15.5. The summed E-state index contributed by atoms with van der Waals surface area (Å²) in [7, 11) is 0. The number of ether oxygens (including phenoxy) is 1. The Bertz CT molecular complexity index is 526. The molecule has 0 aliphatic carbocycles. The third-order valence-electron chi connectivity index (χ3n) is 2.01. The maximum absolute atomic E-state index is 10.8. The quantitative estimate of drug-likeness (QED) is 0.883. The number of hydrogen-bond donors (Lipinski definition) is 1. The minimum absolute atomic E-state index is 0.521. The van der Waals surface area contributed by atoms with Gasteiger partial charge in [0.15, 0.2) is 5.82 Å². The fourth-order valence-electron chi connectivity index (χ4n) is 1.43. The van der Waals surface area contributed by atoms with Crippen LogP contribution in [0, 0.1) is 6.92 Å². The van der Waals surface area contributed by atoms with Crippen LogP contribution in [-0.2, 0) is 6.42 Å². The van der Waals surface area contributed by atoms with E-state index in [1.807, 2.05) is 19.9 Å². The molecule has 0 aliphatic heterocycles. The number of hydrogen-bond acceptors (Lipinski definition) is 5. The number of aryl methyl sites for hydroxylation is 1. The van der Waals surface area contributed by atoms with Crippen LogP contribution in [0.15, 0.2) is 15.4 Å². The standard InChI is InChI=1S/C10H12N2O3S/c1-3-14-7-4-6(2)16-8(7)5-9-11-10(13)15-12-9/h4H,3,5H2,1-2H3,(H,11,12,13). The Hall–Kier alpha value is -1.56. The largest absolute Gasteiger partial charge is 0.493 e. The van der Waals surface area contributed by atoms with Crippen LogP contribution in [0.4, 0.5) is 0 Å². The van der Waals surface area contributed by atoms with Crippen molar-refractivity contribution in [3.05, 3.63) is 32.2 Å². The number of aromatic amines is 1. The van der Waals surface area contributed by atoms with Gasteiger partial charge in [-0.05, 0) is 19.9 Å². The number of H-pyrrole nitrogens is 1. The van der Waals surface area contributed by atoms with Crippen LogP contribution in [0.1, 0.15) is 22.5 Å². The fraction of sp³-hybridized carbons (Fsp3) is 0.400. The molecule has 2 aromatic heterocycles. The Balaban J connectivity index is 2.23. The van der Waals surface area contributed by atoms with Crippen LogP contribution in [-0.4, -0.2) is 16.7 Å². The first kappa shape index (κ1) is 10.9. The molecule has 0 saturated heterocycles. The second kappa shape index (κ2) is 4.52. The highest BCUT2D eigenvalue weighted by Gasteiger charge is 2.11. The SMILES string of the molecule is CCOc1cc(C)sc1Cc1noc(=O)[nH]1. The van der Waals surface area contributed by atoms with E-state index in [1.165, 1.54) is 4.88 Å². The Labute approximate surface area is 96.0 Å². The van der Waals surface area contributed by atoms with Crippen molar-refractivity contribution in [1.82, 2.24) is 10.1 Å². The molecule has 2 rings (SSSR count). The molecule has 0 spiro atoms. The van der Waals surface area contributed by atoms with Gasteiger partial charge < -0.3 is 4.74 Å². The van der Waals surface area contributed by atoms with Crippen molar-refractivity contribution in [2.75, 3.05) is 6.61 Å². The van der Waals surface area contributed by atoms with Crippen molar-refractivity contribution in [1.29, 1.82) is 0 Å². The number of aromatic nitrogens is 2. The van der Waals surface area contributed by atoms with Crippen LogP contribution in [0.2, 0.25) is 0 Å². The van der Waals surface area contributed by atoms with Gasteiger partial charge in [-0.1, -0.05) is 5.16 Å². The summed E-state index contributed by atoms with van der Waals surface area (Å²) in [6.45, 7) is 4.58. The number of nitrogens with one attached hydrogen (secondary N) is 1. The van der Waals surface area contributed by atoms with Gasteiger partial charge in [0, 0.05) is 11.3 Å². The van der Waals surface area contributed by atoms with Gasteiger partial charge >= 0.3 is 5.76 Å². The normalized spacial score (nSPS) is 10.6. The topological polar surface area (TPSA) is 68.1 Å².